The van der Waals surface area contributed by atoms with Gasteiger partial charge in [-0.15, -0.1) is 0 Å². The predicted octanol–water partition coefficient (Wildman–Crippen LogP) is 3.95. The molecule has 2 rings (SSSR count). The lowest BCUT2D eigenvalue weighted by molar-refractivity contribution is -0.384. The van der Waals surface area contributed by atoms with E-state index in [-0.39, 0.29) is 28.2 Å². The number of non-ortho nitro benzene ring substituents is 1. The summed E-state index contributed by atoms with van der Waals surface area (Å²) < 4.78 is 0. The van der Waals surface area contributed by atoms with Crippen LogP contribution in [-0.4, -0.2) is 22.8 Å². The molecule has 0 bridgehead atoms. The number of hydrogen-bond acceptors (Lipinski definition) is 4. The molecule has 2 amide bonds. The fraction of sp³-hybridized carbons (Fsp3) is 0.222. The van der Waals surface area contributed by atoms with Crippen LogP contribution in [0.2, 0.25) is 5.02 Å². The van der Waals surface area contributed by atoms with Crippen molar-refractivity contribution in [1.82, 2.24) is 5.32 Å². The van der Waals surface area contributed by atoms with Crippen LogP contribution in [-0.2, 0) is 0 Å². The van der Waals surface area contributed by atoms with E-state index in [1.54, 1.807) is 25.1 Å². The third kappa shape index (κ3) is 4.58. The van der Waals surface area contributed by atoms with E-state index < -0.39 is 10.8 Å². The first-order chi connectivity index (χ1) is 12.2. The number of rotatable bonds is 5. The minimum absolute atomic E-state index is 0.0148. The molecule has 0 atom stereocenters. The van der Waals surface area contributed by atoms with Gasteiger partial charge in [0.2, 0.25) is 0 Å². The summed E-state index contributed by atoms with van der Waals surface area (Å²) in [7, 11) is 0. The average Bonchev–Trinajstić information content (AvgIpc) is 2.55. The van der Waals surface area contributed by atoms with Gasteiger partial charge in [-0.05, 0) is 44.5 Å². The summed E-state index contributed by atoms with van der Waals surface area (Å²) in [5.74, 6) is -0.758. The standard InChI is InChI=1S/C18H18ClN3O4/c1-10(2)20-18(24)15-8-12(5-4-11(15)3)21-17(23)14-7-6-13(22(25)26)9-16(14)19/h4-10H,1-3H3,(H,20,24)(H,21,23). The molecule has 0 saturated carbocycles. The average molecular weight is 376 g/mol. The molecule has 0 aliphatic rings. The number of benzene rings is 2. The number of nitrogens with one attached hydrogen (secondary N) is 2. The van der Waals surface area contributed by atoms with E-state index >= 15 is 0 Å². The monoisotopic (exact) mass is 375 g/mol. The van der Waals surface area contributed by atoms with Crippen LogP contribution >= 0.6 is 11.6 Å². The molecule has 0 radical (unpaired) electrons. The summed E-state index contributed by atoms with van der Waals surface area (Å²) in [6.07, 6.45) is 0. The molecular formula is C18H18ClN3O4. The number of aryl methyl sites for hydroxylation is 1. The number of anilines is 1. The van der Waals surface area contributed by atoms with Gasteiger partial charge in [0.1, 0.15) is 0 Å². The molecule has 26 heavy (non-hydrogen) atoms. The first kappa shape index (κ1) is 19.4. The number of halogens is 1. The summed E-state index contributed by atoms with van der Waals surface area (Å²) in [6, 6.07) is 8.56. The number of nitrogens with zero attached hydrogens (tertiary/aromatic N) is 1. The van der Waals surface area contributed by atoms with Crippen LogP contribution in [0.3, 0.4) is 0 Å². The molecule has 0 aliphatic carbocycles. The summed E-state index contributed by atoms with van der Waals surface area (Å²) >= 11 is 5.97. The van der Waals surface area contributed by atoms with Crippen molar-refractivity contribution in [2.24, 2.45) is 0 Å². The quantitative estimate of drug-likeness (QED) is 0.610. The molecular weight excluding hydrogens is 358 g/mol. The molecule has 136 valence electrons. The minimum Gasteiger partial charge on any atom is -0.350 e. The number of carbonyl (C=O) groups excluding carboxylic acids is 2. The van der Waals surface area contributed by atoms with Gasteiger partial charge in [0.15, 0.2) is 0 Å². The van der Waals surface area contributed by atoms with Gasteiger partial charge in [-0.3, -0.25) is 19.7 Å². The Morgan fingerprint density at radius 1 is 1.08 bits per heavy atom. The molecule has 0 fully saturated rings. The molecule has 2 N–H and O–H groups in total. The molecule has 0 unspecified atom stereocenters. The Morgan fingerprint density at radius 3 is 2.35 bits per heavy atom. The largest absolute Gasteiger partial charge is 0.350 e. The lowest BCUT2D eigenvalue weighted by Gasteiger charge is -2.13. The Balaban J connectivity index is 2.24. The van der Waals surface area contributed by atoms with Crippen molar-refractivity contribution in [3.05, 3.63) is 68.2 Å². The molecule has 0 aromatic heterocycles. The van der Waals surface area contributed by atoms with Crippen molar-refractivity contribution in [3.8, 4) is 0 Å². The Morgan fingerprint density at radius 2 is 1.77 bits per heavy atom. The van der Waals surface area contributed by atoms with Crippen LogP contribution in [0.15, 0.2) is 36.4 Å². The Kier molecular flexibility index (Phi) is 5.94. The van der Waals surface area contributed by atoms with Crippen LogP contribution in [0.4, 0.5) is 11.4 Å². The molecule has 2 aromatic rings. The number of amides is 2. The van der Waals surface area contributed by atoms with E-state index in [0.29, 0.717) is 11.3 Å². The zero-order chi connectivity index (χ0) is 19.4. The van der Waals surface area contributed by atoms with Gasteiger partial charge in [-0.1, -0.05) is 17.7 Å². The topological polar surface area (TPSA) is 101 Å². The van der Waals surface area contributed by atoms with Crippen LogP contribution < -0.4 is 10.6 Å². The van der Waals surface area contributed by atoms with Gasteiger partial charge in [0.25, 0.3) is 17.5 Å². The molecule has 0 spiro atoms. The zero-order valence-electron chi connectivity index (χ0n) is 14.5. The van der Waals surface area contributed by atoms with Gasteiger partial charge in [-0.2, -0.15) is 0 Å². The molecule has 0 aliphatic heterocycles. The maximum atomic E-state index is 12.4. The lowest BCUT2D eigenvalue weighted by Crippen LogP contribution is -2.30. The van der Waals surface area contributed by atoms with Gasteiger partial charge < -0.3 is 10.6 Å². The van der Waals surface area contributed by atoms with E-state index in [2.05, 4.69) is 10.6 Å². The van der Waals surface area contributed by atoms with E-state index in [4.69, 9.17) is 11.6 Å². The van der Waals surface area contributed by atoms with E-state index in [1.807, 2.05) is 13.8 Å². The Labute approximate surface area is 155 Å². The van der Waals surface area contributed by atoms with Crippen LogP contribution in [0.25, 0.3) is 0 Å². The zero-order valence-corrected chi connectivity index (χ0v) is 15.3. The third-order valence-corrected chi connectivity index (χ3v) is 3.88. The van der Waals surface area contributed by atoms with Gasteiger partial charge >= 0.3 is 0 Å². The minimum atomic E-state index is -0.590. The summed E-state index contributed by atoms with van der Waals surface area (Å²) in [5.41, 5.74) is 1.55. The highest BCUT2D eigenvalue weighted by atomic mass is 35.5. The summed E-state index contributed by atoms with van der Waals surface area (Å²) in [6.45, 7) is 5.51. The second kappa shape index (κ2) is 7.97. The van der Waals surface area contributed by atoms with Gasteiger partial charge in [-0.25, -0.2) is 0 Å². The predicted molar refractivity (Wildman–Crippen MR) is 99.8 cm³/mol. The fourth-order valence-electron chi connectivity index (χ4n) is 2.28. The van der Waals surface area contributed by atoms with Crippen LogP contribution in [0, 0.1) is 17.0 Å². The number of carbonyl (C=O) groups is 2. The Hall–Kier alpha value is -2.93. The number of nitro groups is 1. The normalized spacial score (nSPS) is 10.5. The number of hydrogen-bond donors (Lipinski definition) is 2. The highest BCUT2D eigenvalue weighted by Gasteiger charge is 2.16. The first-order valence-corrected chi connectivity index (χ1v) is 8.23. The van der Waals surface area contributed by atoms with Crippen molar-refractivity contribution in [3.63, 3.8) is 0 Å². The van der Waals surface area contributed by atoms with E-state index in [0.717, 1.165) is 11.6 Å². The van der Waals surface area contributed by atoms with Crippen molar-refractivity contribution in [2.45, 2.75) is 26.8 Å². The van der Waals surface area contributed by atoms with Crippen molar-refractivity contribution < 1.29 is 14.5 Å². The fourth-order valence-corrected chi connectivity index (χ4v) is 2.55. The second-order valence-corrected chi connectivity index (χ2v) is 6.44. The van der Waals surface area contributed by atoms with Crippen molar-refractivity contribution in [2.75, 3.05) is 5.32 Å². The smallest absolute Gasteiger partial charge is 0.270 e. The highest BCUT2D eigenvalue weighted by Crippen LogP contribution is 2.24. The van der Waals surface area contributed by atoms with E-state index in [1.165, 1.54) is 12.1 Å². The SMILES string of the molecule is Cc1ccc(NC(=O)c2ccc([N+](=O)[O-])cc2Cl)cc1C(=O)NC(C)C. The van der Waals surface area contributed by atoms with Gasteiger partial charge in [0.05, 0.1) is 15.5 Å². The molecule has 7 nitrogen and oxygen atoms in total. The Bertz CT molecular complexity index is 881. The summed E-state index contributed by atoms with van der Waals surface area (Å²) in [4.78, 5) is 34.8. The second-order valence-electron chi connectivity index (χ2n) is 6.03. The number of nitro benzene ring substituents is 1. The lowest BCUT2D eigenvalue weighted by atomic mass is 10.1. The van der Waals surface area contributed by atoms with Crippen molar-refractivity contribution >= 4 is 34.8 Å². The van der Waals surface area contributed by atoms with Gasteiger partial charge in [0, 0.05) is 29.4 Å². The maximum Gasteiger partial charge on any atom is 0.270 e. The maximum absolute atomic E-state index is 12.4. The summed E-state index contributed by atoms with van der Waals surface area (Å²) in [5, 5.41) is 16.2. The van der Waals surface area contributed by atoms with Crippen molar-refractivity contribution in [1.29, 1.82) is 0 Å². The highest BCUT2D eigenvalue weighted by molar-refractivity contribution is 6.34. The molecule has 0 saturated heterocycles. The van der Waals surface area contributed by atoms with Crippen LogP contribution in [0.5, 0.6) is 0 Å². The molecule has 2 aromatic carbocycles. The molecule has 0 heterocycles. The van der Waals surface area contributed by atoms with E-state index in [9.17, 15) is 19.7 Å². The van der Waals surface area contributed by atoms with Crippen LogP contribution in [0.1, 0.15) is 40.1 Å². The third-order valence-electron chi connectivity index (χ3n) is 3.57. The first-order valence-electron chi connectivity index (χ1n) is 7.86. The molecule has 8 heteroatoms.